The molecule has 2 aliphatic rings. The number of carboxylic acids is 1. The Morgan fingerprint density at radius 1 is 1.09 bits per heavy atom. The van der Waals surface area contributed by atoms with E-state index in [4.69, 9.17) is 26.1 Å². The molecule has 238 valence electrons. The van der Waals surface area contributed by atoms with E-state index in [-0.39, 0.29) is 47.0 Å². The highest BCUT2D eigenvalue weighted by Crippen LogP contribution is 2.26. The molecule has 16 heteroatoms. The minimum Gasteiger partial charge on any atom is -0.475 e. The van der Waals surface area contributed by atoms with E-state index < -0.39 is 17.6 Å². The highest BCUT2D eigenvalue weighted by Gasteiger charge is 2.27. The SMILES string of the molecule is O=C(O)c1nnc(-c2cc3nc(CN4CCC(Oc5nc(Cc6ccc(Cl)cc6F)ncc5F)CC4)n(C[C@@H]4CCO4)c3cn2)[nH]1. The van der Waals surface area contributed by atoms with Gasteiger partial charge in [-0.1, -0.05) is 17.7 Å². The molecule has 0 saturated carbocycles. The molecule has 46 heavy (non-hydrogen) atoms. The van der Waals surface area contributed by atoms with Crippen LogP contribution < -0.4 is 4.74 Å². The number of benzene rings is 1. The van der Waals surface area contributed by atoms with Gasteiger partial charge < -0.3 is 24.1 Å². The average molecular weight is 652 g/mol. The average Bonchev–Trinajstić information content (AvgIpc) is 3.64. The molecule has 5 aromatic rings. The highest BCUT2D eigenvalue weighted by molar-refractivity contribution is 6.30. The zero-order valence-corrected chi connectivity index (χ0v) is 25.1. The number of aromatic amines is 1. The van der Waals surface area contributed by atoms with Crippen LogP contribution in [0.4, 0.5) is 8.78 Å². The Bertz CT molecular complexity index is 1910. The second-order valence-corrected chi connectivity index (χ2v) is 11.7. The van der Waals surface area contributed by atoms with Crippen LogP contribution in [0, 0.1) is 11.6 Å². The number of aromatic nitrogens is 8. The molecule has 1 atom stereocenters. The van der Waals surface area contributed by atoms with Gasteiger partial charge in [-0.15, -0.1) is 10.2 Å². The van der Waals surface area contributed by atoms with Gasteiger partial charge in [-0.3, -0.25) is 9.88 Å². The molecular formula is C30H28ClF2N9O4. The van der Waals surface area contributed by atoms with Crippen molar-refractivity contribution in [1.82, 2.24) is 44.6 Å². The largest absolute Gasteiger partial charge is 0.475 e. The zero-order valence-electron chi connectivity index (χ0n) is 24.4. The number of H-pyrrole nitrogens is 1. The first-order chi connectivity index (χ1) is 22.3. The Morgan fingerprint density at radius 2 is 1.91 bits per heavy atom. The molecule has 0 radical (unpaired) electrons. The van der Waals surface area contributed by atoms with Crippen LogP contribution in [0.5, 0.6) is 5.88 Å². The summed E-state index contributed by atoms with van der Waals surface area (Å²) in [5, 5.41) is 17.0. The third-order valence-corrected chi connectivity index (χ3v) is 8.36. The summed E-state index contributed by atoms with van der Waals surface area (Å²) in [6.45, 7) is 3.29. The Kier molecular flexibility index (Phi) is 8.27. The summed E-state index contributed by atoms with van der Waals surface area (Å²) in [5.41, 5.74) is 2.31. The third-order valence-electron chi connectivity index (χ3n) is 8.13. The van der Waals surface area contributed by atoms with E-state index in [1.807, 2.05) is 0 Å². The monoisotopic (exact) mass is 651 g/mol. The molecule has 0 amide bonds. The van der Waals surface area contributed by atoms with Gasteiger partial charge in [-0.05, 0) is 43.0 Å². The van der Waals surface area contributed by atoms with E-state index in [9.17, 15) is 18.7 Å². The maximum atomic E-state index is 14.6. The number of carboxylic acid groups (broad SMARTS) is 1. The summed E-state index contributed by atoms with van der Waals surface area (Å²) in [4.78, 5) is 33.8. The highest BCUT2D eigenvalue weighted by atomic mass is 35.5. The number of piperidine rings is 1. The molecule has 2 aliphatic heterocycles. The van der Waals surface area contributed by atoms with Gasteiger partial charge in [0.15, 0.2) is 5.82 Å². The molecule has 0 unspecified atom stereocenters. The van der Waals surface area contributed by atoms with Crippen molar-refractivity contribution in [3.63, 3.8) is 0 Å². The topological polar surface area (TPSA) is 157 Å². The molecule has 1 aromatic carbocycles. The summed E-state index contributed by atoms with van der Waals surface area (Å²) in [6.07, 6.45) is 4.89. The first-order valence-corrected chi connectivity index (χ1v) is 15.1. The lowest BCUT2D eigenvalue weighted by atomic mass is 10.1. The molecule has 0 aliphatic carbocycles. The van der Waals surface area contributed by atoms with E-state index in [1.165, 1.54) is 6.07 Å². The maximum Gasteiger partial charge on any atom is 0.373 e. The molecule has 0 bridgehead atoms. The third kappa shape index (κ3) is 6.38. The molecule has 2 N–H and O–H groups in total. The molecular weight excluding hydrogens is 624 g/mol. The van der Waals surface area contributed by atoms with Crippen molar-refractivity contribution in [3.05, 3.63) is 76.4 Å². The second-order valence-electron chi connectivity index (χ2n) is 11.3. The van der Waals surface area contributed by atoms with Crippen molar-refractivity contribution in [2.45, 2.75) is 51.0 Å². The fourth-order valence-electron chi connectivity index (χ4n) is 5.57. The Hall–Kier alpha value is -4.60. The predicted octanol–water partition coefficient (Wildman–Crippen LogP) is 4.06. The van der Waals surface area contributed by atoms with Crippen molar-refractivity contribution in [1.29, 1.82) is 0 Å². The molecule has 0 spiro atoms. The van der Waals surface area contributed by atoms with Gasteiger partial charge in [0, 0.05) is 31.1 Å². The van der Waals surface area contributed by atoms with Gasteiger partial charge in [-0.2, -0.15) is 9.37 Å². The van der Waals surface area contributed by atoms with Gasteiger partial charge in [0.2, 0.25) is 11.6 Å². The number of nitrogens with zero attached hydrogens (tertiary/aromatic N) is 8. The number of fused-ring (bicyclic) bond motifs is 1. The Balaban J connectivity index is 1.03. The fraction of sp³-hybridized carbons (Fsp3) is 0.367. The van der Waals surface area contributed by atoms with Crippen molar-refractivity contribution < 1.29 is 28.2 Å². The number of aromatic carboxylic acids is 1. The number of rotatable bonds is 10. The lowest BCUT2D eigenvalue weighted by molar-refractivity contribution is -0.0592. The van der Waals surface area contributed by atoms with E-state index in [0.717, 1.165) is 30.6 Å². The van der Waals surface area contributed by atoms with E-state index in [0.29, 0.717) is 55.8 Å². The quantitative estimate of drug-likeness (QED) is 0.224. The van der Waals surface area contributed by atoms with Crippen LogP contribution in [0.15, 0.2) is 36.7 Å². The normalized spacial score (nSPS) is 17.3. The minimum atomic E-state index is -1.21. The summed E-state index contributed by atoms with van der Waals surface area (Å²) in [6, 6.07) is 6.11. The van der Waals surface area contributed by atoms with Crippen LogP contribution in [-0.4, -0.2) is 87.6 Å². The van der Waals surface area contributed by atoms with Crippen molar-refractivity contribution in [2.24, 2.45) is 0 Å². The summed E-state index contributed by atoms with van der Waals surface area (Å²) in [7, 11) is 0. The zero-order chi connectivity index (χ0) is 31.8. The molecule has 13 nitrogen and oxygen atoms in total. The van der Waals surface area contributed by atoms with Gasteiger partial charge in [0.25, 0.3) is 5.88 Å². The van der Waals surface area contributed by atoms with Crippen LogP contribution in [0.1, 0.15) is 47.1 Å². The number of likely N-dealkylation sites (tertiary alicyclic amines) is 1. The van der Waals surface area contributed by atoms with Crippen LogP contribution in [0.3, 0.4) is 0 Å². The number of hydrogen-bond donors (Lipinski definition) is 2. The van der Waals surface area contributed by atoms with Crippen LogP contribution in [0.25, 0.3) is 22.6 Å². The van der Waals surface area contributed by atoms with E-state index in [1.54, 1.807) is 24.4 Å². The smallest absolute Gasteiger partial charge is 0.373 e. The number of ether oxygens (including phenoxy) is 2. The Labute approximate surface area is 265 Å². The fourth-order valence-corrected chi connectivity index (χ4v) is 5.72. The molecule has 4 aromatic heterocycles. The number of hydrogen-bond acceptors (Lipinski definition) is 10. The van der Waals surface area contributed by atoms with E-state index in [2.05, 4.69) is 39.6 Å². The van der Waals surface area contributed by atoms with Gasteiger partial charge in [0.05, 0.1) is 42.6 Å². The van der Waals surface area contributed by atoms with Crippen molar-refractivity contribution in [2.75, 3.05) is 19.7 Å². The van der Waals surface area contributed by atoms with Gasteiger partial charge >= 0.3 is 5.97 Å². The van der Waals surface area contributed by atoms with Gasteiger partial charge in [-0.25, -0.2) is 19.2 Å². The maximum absolute atomic E-state index is 14.6. The summed E-state index contributed by atoms with van der Waals surface area (Å²) in [5.74, 6) is -1.46. The number of halogens is 3. The van der Waals surface area contributed by atoms with E-state index >= 15 is 0 Å². The lowest BCUT2D eigenvalue weighted by Crippen LogP contribution is -2.39. The minimum absolute atomic E-state index is 0.0732. The van der Waals surface area contributed by atoms with Gasteiger partial charge in [0.1, 0.15) is 29.3 Å². The standard InChI is InChI=1S/C30H28ClF2N9O4/c31-17-2-1-16(20(32)10-17)9-25-35-12-21(33)29(37-25)46-18-3-6-41(7-4-18)15-26-36-22-11-23(27-38-28(30(43)44)40-39-27)34-13-24(22)42(26)14-19-5-8-45-19/h1-2,10-13,18-19H,3-9,14-15H2,(H,43,44)(H,38,39,40)/t19-/m0/s1. The molecule has 2 fully saturated rings. The first-order valence-electron chi connectivity index (χ1n) is 14.8. The first kappa shape index (κ1) is 30.1. The number of pyridine rings is 1. The summed E-state index contributed by atoms with van der Waals surface area (Å²) >= 11 is 5.84. The molecule has 2 saturated heterocycles. The van der Waals surface area contributed by atoms with Crippen molar-refractivity contribution in [3.8, 4) is 17.4 Å². The molecule has 6 heterocycles. The number of imidazole rings is 1. The lowest BCUT2D eigenvalue weighted by Gasteiger charge is -2.32. The van der Waals surface area contributed by atoms with Crippen LogP contribution in [-0.2, 0) is 24.2 Å². The van der Waals surface area contributed by atoms with Crippen molar-refractivity contribution >= 4 is 28.6 Å². The predicted molar refractivity (Wildman–Crippen MR) is 159 cm³/mol. The number of nitrogens with one attached hydrogen (secondary N) is 1. The van der Waals surface area contributed by atoms with Crippen LogP contribution in [0.2, 0.25) is 5.02 Å². The Morgan fingerprint density at radius 3 is 2.63 bits per heavy atom. The van der Waals surface area contributed by atoms with Crippen LogP contribution >= 0.6 is 11.6 Å². The number of carbonyl (C=O) groups is 1. The second kappa shape index (κ2) is 12.7. The molecule has 7 rings (SSSR count). The summed E-state index contributed by atoms with van der Waals surface area (Å²) < 4.78 is 42.7.